The number of carbonyl (C=O) groups is 3. The SMILES string of the molecule is C=CCN(C(=O)C1N(CCCCCCO)C(=O)[C@@H]2[C@H](C(=O)N(CC=C)c3ccccc3)[C@@H]3CCC12O3)c1ccc2ccccc2c1. The molecule has 2 bridgehead atoms. The molecule has 3 aromatic rings. The maximum absolute atomic E-state index is 14.9. The zero-order valence-electron chi connectivity index (χ0n) is 26.3. The van der Waals surface area contributed by atoms with Crippen LogP contribution in [0.2, 0.25) is 0 Å². The summed E-state index contributed by atoms with van der Waals surface area (Å²) >= 11 is 0. The molecule has 1 N–H and O–H groups in total. The molecule has 0 radical (unpaired) electrons. The third-order valence-corrected chi connectivity index (χ3v) is 9.89. The van der Waals surface area contributed by atoms with Gasteiger partial charge in [-0.25, -0.2) is 0 Å². The molecule has 3 fully saturated rings. The van der Waals surface area contributed by atoms with Crippen LogP contribution in [-0.4, -0.2) is 71.7 Å². The number of carbonyl (C=O) groups excluding carboxylic acids is 3. The quantitative estimate of drug-likeness (QED) is 0.190. The summed E-state index contributed by atoms with van der Waals surface area (Å²) in [7, 11) is 0. The highest BCUT2D eigenvalue weighted by Gasteiger charge is 2.74. The Morgan fingerprint density at radius 2 is 1.54 bits per heavy atom. The summed E-state index contributed by atoms with van der Waals surface area (Å²) < 4.78 is 6.75. The fraction of sp³-hybridized carbons (Fsp3) is 0.395. The molecule has 3 aliphatic heterocycles. The maximum atomic E-state index is 14.9. The van der Waals surface area contributed by atoms with E-state index in [2.05, 4.69) is 13.2 Å². The summed E-state index contributed by atoms with van der Waals surface area (Å²) in [5.41, 5.74) is 0.355. The van der Waals surface area contributed by atoms with Crippen LogP contribution in [0.15, 0.2) is 98.1 Å². The van der Waals surface area contributed by atoms with Gasteiger partial charge in [0, 0.05) is 37.6 Å². The van der Waals surface area contributed by atoms with Crippen molar-refractivity contribution >= 4 is 39.9 Å². The maximum Gasteiger partial charge on any atom is 0.253 e. The molecule has 3 aliphatic rings. The minimum absolute atomic E-state index is 0.124. The van der Waals surface area contributed by atoms with Crippen molar-refractivity contribution in [3.63, 3.8) is 0 Å². The van der Waals surface area contributed by atoms with Gasteiger partial charge < -0.3 is 24.5 Å². The van der Waals surface area contributed by atoms with Gasteiger partial charge in [-0.05, 0) is 60.7 Å². The van der Waals surface area contributed by atoms with E-state index in [-0.39, 0.29) is 30.9 Å². The van der Waals surface area contributed by atoms with Gasteiger partial charge in [0.2, 0.25) is 11.8 Å². The van der Waals surface area contributed by atoms with Crippen molar-refractivity contribution in [1.29, 1.82) is 0 Å². The van der Waals surface area contributed by atoms with Gasteiger partial charge >= 0.3 is 0 Å². The molecule has 2 unspecified atom stereocenters. The zero-order valence-corrected chi connectivity index (χ0v) is 26.3. The molecular weight excluding hydrogens is 578 g/mol. The molecule has 46 heavy (non-hydrogen) atoms. The lowest BCUT2D eigenvalue weighted by molar-refractivity contribution is -0.140. The van der Waals surface area contributed by atoms with Gasteiger partial charge in [0.15, 0.2) is 0 Å². The largest absolute Gasteiger partial charge is 0.396 e. The van der Waals surface area contributed by atoms with Gasteiger partial charge in [0.1, 0.15) is 11.6 Å². The number of fused-ring (bicyclic) bond motifs is 2. The van der Waals surface area contributed by atoms with Gasteiger partial charge in [-0.3, -0.25) is 14.4 Å². The molecule has 8 heteroatoms. The molecule has 1 spiro atoms. The molecule has 3 saturated heterocycles. The fourth-order valence-corrected chi connectivity index (χ4v) is 7.89. The highest BCUT2D eigenvalue weighted by molar-refractivity contribution is 6.07. The smallest absolute Gasteiger partial charge is 0.253 e. The lowest BCUT2D eigenvalue weighted by Gasteiger charge is -2.37. The van der Waals surface area contributed by atoms with Gasteiger partial charge in [-0.2, -0.15) is 0 Å². The number of amides is 3. The molecule has 0 saturated carbocycles. The number of rotatable bonds is 14. The number of para-hydroxylation sites is 1. The fourth-order valence-electron chi connectivity index (χ4n) is 7.89. The van der Waals surface area contributed by atoms with Crippen molar-refractivity contribution < 1.29 is 24.2 Å². The summed E-state index contributed by atoms with van der Waals surface area (Å²) in [5, 5.41) is 11.3. The predicted molar refractivity (Wildman–Crippen MR) is 180 cm³/mol. The Morgan fingerprint density at radius 1 is 0.870 bits per heavy atom. The van der Waals surface area contributed by atoms with Crippen LogP contribution < -0.4 is 9.80 Å². The highest BCUT2D eigenvalue weighted by Crippen LogP contribution is 2.59. The lowest BCUT2D eigenvalue weighted by Crippen LogP contribution is -2.56. The Kier molecular flexibility index (Phi) is 9.38. The number of aliphatic hydroxyl groups excluding tert-OH is 1. The second-order valence-electron chi connectivity index (χ2n) is 12.6. The van der Waals surface area contributed by atoms with Crippen molar-refractivity contribution in [2.45, 2.75) is 56.3 Å². The van der Waals surface area contributed by atoms with E-state index in [0.717, 1.165) is 35.0 Å². The Bertz CT molecular complexity index is 1610. The minimum Gasteiger partial charge on any atom is -0.396 e. The van der Waals surface area contributed by atoms with Crippen LogP contribution in [0.4, 0.5) is 11.4 Å². The Balaban J connectivity index is 1.38. The molecule has 3 heterocycles. The van der Waals surface area contributed by atoms with Crippen LogP contribution in [0.1, 0.15) is 38.5 Å². The number of aliphatic hydroxyl groups is 1. The zero-order chi connectivity index (χ0) is 32.3. The number of nitrogens with zero attached hydrogens (tertiary/aromatic N) is 3. The van der Waals surface area contributed by atoms with E-state index < -0.39 is 29.6 Å². The second-order valence-corrected chi connectivity index (χ2v) is 12.6. The Hall–Kier alpha value is -4.27. The van der Waals surface area contributed by atoms with Crippen LogP contribution in [0.25, 0.3) is 10.8 Å². The number of benzene rings is 3. The van der Waals surface area contributed by atoms with Crippen molar-refractivity contribution in [2.75, 3.05) is 36.0 Å². The molecule has 8 nitrogen and oxygen atoms in total. The van der Waals surface area contributed by atoms with E-state index in [9.17, 15) is 19.5 Å². The van der Waals surface area contributed by atoms with Crippen molar-refractivity contribution in [3.8, 4) is 0 Å². The first kappa shape index (κ1) is 31.7. The van der Waals surface area contributed by atoms with Crippen LogP contribution in [0.3, 0.4) is 0 Å². The summed E-state index contributed by atoms with van der Waals surface area (Å²) in [6.07, 6.45) is 7.09. The van der Waals surface area contributed by atoms with Gasteiger partial charge in [0.25, 0.3) is 5.91 Å². The molecule has 3 aromatic carbocycles. The molecular formula is C38H43N3O5. The third kappa shape index (κ3) is 5.54. The summed E-state index contributed by atoms with van der Waals surface area (Å²) in [5.74, 6) is -2.05. The number of likely N-dealkylation sites (tertiary alicyclic amines) is 1. The van der Waals surface area contributed by atoms with Crippen molar-refractivity contribution in [1.82, 2.24) is 4.90 Å². The molecule has 0 aliphatic carbocycles. The van der Waals surface area contributed by atoms with E-state index in [0.29, 0.717) is 38.8 Å². The van der Waals surface area contributed by atoms with Crippen LogP contribution in [-0.2, 0) is 19.1 Å². The first-order chi connectivity index (χ1) is 22.4. The van der Waals surface area contributed by atoms with Crippen molar-refractivity contribution in [2.24, 2.45) is 11.8 Å². The number of ether oxygens (including phenoxy) is 1. The second kappa shape index (κ2) is 13.6. The van der Waals surface area contributed by atoms with E-state index in [4.69, 9.17) is 4.74 Å². The summed E-state index contributed by atoms with van der Waals surface area (Å²) in [6, 6.07) is 22.5. The molecule has 5 atom stereocenters. The number of hydrogen-bond donors (Lipinski definition) is 1. The first-order valence-electron chi connectivity index (χ1n) is 16.4. The average Bonchev–Trinajstić information content (AvgIpc) is 3.73. The van der Waals surface area contributed by atoms with Gasteiger partial charge in [0.05, 0.1) is 17.9 Å². The standard InChI is InChI=1S/C38H43N3O5/c1-3-22-39(29-16-8-7-9-17-29)35(43)32-31-20-21-38(46-31)33(32)36(44)41(24-12-5-6-13-25-42)34(38)37(45)40(23-4-2)30-19-18-27-14-10-11-15-28(27)26-30/h3-4,7-11,14-19,26,31-34,42H,1-2,5-6,12-13,20-25H2/t31-,32+,33-,34?,38?/m0/s1. The van der Waals surface area contributed by atoms with Crippen LogP contribution in [0.5, 0.6) is 0 Å². The minimum atomic E-state index is -1.10. The highest BCUT2D eigenvalue weighted by atomic mass is 16.5. The summed E-state index contributed by atoms with van der Waals surface area (Å²) in [6.45, 7) is 8.88. The first-order valence-corrected chi connectivity index (χ1v) is 16.4. The number of anilines is 2. The number of hydrogen-bond acceptors (Lipinski definition) is 5. The number of unbranched alkanes of at least 4 members (excludes halogenated alkanes) is 3. The van der Waals surface area contributed by atoms with Crippen molar-refractivity contribution in [3.05, 3.63) is 98.1 Å². The van der Waals surface area contributed by atoms with E-state index in [1.807, 2.05) is 72.8 Å². The Morgan fingerprint density at radius 3 is 2.26 bits per heavy atom. The monoisotopic (exact) mass is 621 g/mol. The average molecular weight is 622 g/mol. The normalized spacial score (nSPS) is 24.6. The molecule has 0 aromatic heterocycles. The predicted octanol–water partition coefficient (Wildman–Crippen LogP) is 5.51. The van der Waals surface area contributed by atoms with E-state index in [1.54, 1.807) is 26.9 Å². The van der Waals surface area contributed by atoms with E-state index in [1.165, 1.54) is 0 Å². The molecule has 6 rings (SSSR count). The van der Waals surface area contributed by atoms with Crippen LogP contribution in [0, 0.1) is 11.8 Å². The van der Waals surface area contributed by atoms with E-state index >= 15 is 0 Å². The van der Waals surface area contributed by atoms with Crippen LogP contribution >= 0.6 is 0 Å². The Labute approximate surface area is 270 Å². The van der Waals surface area contributed by atoms with Gasteiger partial charge in [-0.1, -0.05) is 73.5 Å². The molecule has 3 amide bonds. The topological polar surface area (TPSA) is 90.4 Å². The third-order valence-electron chi connectivity index (χ3n) is 9.89. The van der Waals surface area contributed by atoms with Gasteiger partial charge in [-0.15, -0.1) is 13.2 Å². The lowest BCUT2D eigenvalue weighted by atomic mass is 9.70. The summed E-state index contributed by atoms with van der Waals surface area (Å²) in [4.78, 5) is 48.9. The molecule has 240 valence electrons.